The molecule has 0 bridgehead atoms. The summed E-state index contributed by atoms with van der Waals surface area (Å²) in [6.45, 7) is 3.11. The second-order valence-corrected chi connectivity index (χ2v) is 5.64. The highest BCUT2D eigenvalue weighted by atomic mass is 16.3. The molecule has 20 heavy (non-hydrogen) atoms. The Morgan fingerprint density at radius 3 is 3.05 bits per heavy atom. The van der Waals surface area contributed by atoms with Crippen LogP contribution in [-0.4, -0.2) is 34.4 Å². The Bertz CT molecular complexity index is 558. The van der Waals surface area contributed by atoms with Gasteiger partial charge >= 0.3 is 0 Å². The molecule has 3 rings (SSSR count). The summed E-state index contributed by atoms with van der Waals surface area (Å²) in [5.41, 5.74) is 2.18. The fourth-order valence-electron chi connectivity index (χ4n) is 3.17. The number of hydrogen-bond donors (Lipinski definition) is 2. The minimum atomic E-state index is 0.165. The van der Waals surface area contributed by atoms with Crippen LogP contribution < -0.4 is 5.32 Å². The molecule has 1 aromatic heterocycles. The van der Waals surface area contributed by atoms with Gasteiger partial charge in [-0.2, -0.15) is 0 Å². The van der Waals surface area contributed by atoms with Gasteiger partial charge in [-0.1, -0.05) is 12.1 Å². The molecule has 1 aliphatic rings. The van der Waals surface area contributed by atoms with Crippen molar-refractivity contribution in [2.75, 3.05) is 19.7 Å². The number of fused-ring (bicyclic) bond motifs is 1. The van der Waals surface area contributed by atoms with Crippen LogP contribution in [0.1, 0.15) is 25.1 Å². The quantitative estimate of drug-likeness (QED) is 0.875. The predicted octanol–water partition coefficient (Wildman–Crippen LogP) is 1.96. The van der Waals surface area contributed by atoms with E-state index in [1.54, 1.807) is 0 Å². The topological polar surface area (TPSA) is 50.1 Å². The van der Waals surface area contributed by atoms with Gasteiger partial charge in [-0.15, -0.1) is 0 Å². The highest BCUT2D eigenvalue weighted by Gasteiger charge is 2.15. The second kappa shape index (κ2) is 6.37. The summed E-state index contributed by atoms with van der Waals surface area (Å²) in [6.07, 6.45) is 4.80. The summed E-state index contributed by atoms with van der Waals surface area (Å²) < 4.78 is 2.17. The summed E-state index contributed by atoms with van der Waals surface area (Å²) in [5.74, 6) is 1.89. The number of imidazole rings is 1. The largest absolute Gasteiger partial charge is 0.395 e. The van der Waals surface area contributed by atoms with Crippen LogP contribution >= 0.6 is 0 Å². The molecule has 2 aromatic rings. The van der Waals surface area contributed by atoms with Crippen molar-refractivity contribution in [3.05, 3.63) is 30.1 Å². The van der Waals surface area contributed by atoms with Crippen molar-refractivity contribution >= 4 is 11.0 Å². The van der Waals surface area contributed by atoms with E-state index in [0.717, 1.165) is 35.7 Å². The predicted molar refractivity (Wildman–Crippen MR) is 80.7 cm³/mol. The lowest BCUT2D eigenvalue weighted by Gasteiger charge is -2.22. The number of aliphatic hydroxyl groups is 1. The third-order valence-electron chi connectivity index (χ3n) is 4.23. The number of aliphatic hydroxyl groups excluding tert-OH is 1. The molecule has 2 N–H and O–H groups in total. The Morgan fingerprint density at radius 2 is 2.25 bits per heavy atom. The van der Waals surface area contributed by atoms with Gasteiger partial charge in [0.2, 0.25) is 0 Å². The normalized spacial score (nSPS) is 19.6. The van der Waals surface area contributed by atoms with E-state index >= 15 is 0 Å². The molecular weight excluding hydrogens is 250 g/mol. The van der Waals surface area contributed by atoms with Gasteiger partial charge in [0.05, 0.1) is 17.6 Å². The monoisotopic (exact) mass is 273 g/mol. The average molecular weight is 273 g/mol. The summed E-state index contributed by atoms with van der Waals surface area (Å²) >= 11 is 0. The molecule has 2 heterocycles. The van der Waals surface area contributed by atoms with Gasteiger partial charge in [-0.25, -0.2) is 4.98 Å². The first-order valence-corrected chi connectivity index (χ1v) is 7.64. The number of nitrogens with zero attached hydrogens (tertiary/aromatic N) is 2. The molecule has 1 aliphatic heterocycles. The molecule has 4 nitrogen and oxygen atoms in total. The van der Waals surface area contributed by atoms with Crippen LogP contribution in [0.3, 0.4) is 0 Å². The Labute approximate surface area is 119 Å². The lowest BCUT2D eigenvalue weighted by Crippen LogP contribution is -2.30. The van der Waals surface area contributed by atoms with Crippen LogP contribution in [0.4, 0.5) is 0 Å². The fourth-order valence-corrected chi connectivity index (χ4v) is 3.17. The zero-order valence-corrected chi connectivity index (χ0v) is 11.9. The highest BCUT2D eigenvalue weighted by molar-refractivity contribution is 5.75. The van der Waals surface area contributed by atoms with Crippen LogP contribution in [0.2, 0.25) is 0 Å². The van der Waals surface area contributed by atoms with Crippen molar-refractivity contribution in [2.24, 2.45) is 5.92 Å². The first-order valence-electron chi connectivity index (χ1n) is 7.64. The Balaban J connectivity index is 1.77. The Morgan fingerprint density at radius 1 is 1.35 bits per heavy atom. The van der Waals surface area contributed by atoms with E-state index in [9.17, 15) is 5.11 Å². The minimum absolute atomic E-state index is 0.165. The van der Waals surface area contributed by atoms with Crippen LogP contribution in [0, 0.1) is 5.92 Å². The lowest BCUT2D eigenvalue weighted by molar-refractivity contribution is 0.275. The maximum absolute atomic E-state index is 9.28. The van der Waals surface area contributed by atoms with E-state index in [1.807, 2.05) is 12.1 Å². The molecule has 1 saturated heterocycles. The molecule has 4 heteroatoms. The molecule has 108 valence electrons. The summed E-state index contributed by atoms with van der Waals surface area (Å²) in [4.78, 5) is 4.75. The number of benzene rings is 1. The number of aryl methyl sites for hydroxylation is 1. The summed E-state index contributed by atoms with van der Waals surface area (Å²) in [6, 6.07) is 8.19. The first-order chi connectivity index (χ1) is 9.88. The van der Waals surface area contributed by atoms with Crippen molar-refractivity contribution in [3.63, 3.8) is 0 Å². The van der Waals surface area contributed by atoms with E-state index < -0.39 is 0 Å². The molecule has 1 aromatic carbocycles. The first kappa shape index (κ1) is 13.6. The average Bonchev–Trinajstić information content (AvgIpc) is 2.85. The van der Waals surface area contributed by atoms with E-state index in [-0.39, 0.29) is 6.61 Å². The van der Waals surface area contributed by atoms with Gasteiger partial charge in [0, 0.05) is 13.0 Å². The number of rotatable bonds is 5. The Kier molecular flexibility index (Phi) is 4.33. The van der Waals surface area contributed by atoms with Gasteiger partial charge < -0.3 is 15.0 Å². The molecule has 1 fully saturated rings. The zero-order valence-electron chi connectivity index (χ0n) is 11.9. The van der Waals surface area contributed by atoms with Crippen LogP contribution in [0.5, 0.6) is 0 Å². The Hall–Kier alpha value is -1.39. The van der Waals surface area contributed by atoms with Gasteiger partial charge in [-0.05, 0) is 50.4 Å². The van der Waals surface area contributed by atoms with Gasteiger partial charge in [-0.3, -0.25) is 0 Å². The molecule has 0 spiro atoms. The molecule has 0 aliphatic carbocycles. The molecular formula is C16H23N3O. The zero-order chi connectivity index (χ0) is 13.8. The molecule has 0 saturated carbocycles. The van der Waals surface area contributed by atoms with E-state index in [4.69, 9.17) is 4.98 Å². The number of para-hydroxylation sites is 2. The van der Waals surface area contributed by atoms with Crippen LogP contribution in [-0.2, 0) is 13.0 Å². The van der Waals surface area contributed by atoms with Gasteiger partial charge in [0.25, 0.3) is 0 Å². The number of hydrogen-bond acceptors (Lipinski definition) is 3. The summed E-state index contributed by atoms with van der Waals surface area (Å²) in [5, 5.41) is 12.8. The SMILES string of the molecule is OCCn1c(CCC2CCCNC2)nc2ccccc21. The maximum atomic E-state index is 9.28. The molecule has 1 atom stereocenters. The van der Waals surface area contributed by atoms with Crippen molar-refractivity contribution < 1.29 is 5.11 Å². The van der Waals surface area contributed by atoms with E-state index in [2.05, 4.69) is 22.0 Å². The number of aromatic nitrogens is 2. The molecule has 0 amide bonds. The van der Waals surface area contributed by atoms with Crippen molar-refractivity contribution in [3.8, 4) is 0 Å². The third kappa shape index (κ3) is 2.86. The minimum Gasteiger partial charge on any atom is -0.395 e. The number of nitrogens with one attached hydrogen (secondary N) is 1. The second-order valence-electron chi connectivity index (χ2n) is 5.64. The third-order valence-corrected chi connectivity index (χ3v) is 4.23. The highest BCUT2D eigenvalue weighted by Crippen LogP contribution is 2.20. The van der Waals surface area contributed by atoms with Crippen molar-refractivity contribution in [1.82, 2.24) is 14.9 Å². The number of piperidine rings is 1. The van der Waals surface area contributed by atoms with E-state index in [1.165, 1.54) is 25.8 Å². The lowest BCUT2D eigenvalue weighted by atomic mass is 9.94. The smallest absolute Gasteiger partial charge is 0.109 e. The van der Waals surface area contributed by atoms with Crippen LogP contribution in [0.15, 0.2) is 24.3 Å². The maximum Gasteiger partial charge on any atom is 0.109 e. The van der Waals surface area contributed by atoms with Crippen LogP contribution in [0.25, 0.3) is 11.0 Å². The molecule has 1 unspecified atom stereocenters. The fraction of sp³-hybridized carbons (Fsp3) is 0.562. The standard InChI is InChI=1S/C16H23N3O/c20-11-10-19-15-6-2-1-5-14(15)18-16(19)8-7-13-4-3-9-17-12-13/h1-2,5-6,13,17,20H,3-4,7-12H2. The van der Waals surface area contributed by atoms with Gasteiger partial charge in [0.15, 0.2) is 0 Å². The molecule has 0 radical (unpaired) electrons. The van der Waals surface area contributed by atoms with Crippen molar-refractivity contribution in [2.45, 2.75) is 32.2 Å². The van der Waals surface area contributed by atoms with Gasteiger partial charge in [0.1, 0.15) is 5.82 Å². The van der Waals surface area contributed by atoms with E-state index in [0.29, 0.717) is 6.54 Å². The summed E-state index contributed by atoms with van der Waals surface area (Å²) in [7, 11) is 0. The van der Waals surface area contributed by atoms with Crippen molar-refractivity contribution in [1.29, 1.82) is 0 Å².